The lowest BCUT2D eigenvalue weighted by Crippen LogP contribution is -2.33. The Kier molecular flexibility index (Phi) is 10.6. The first-order valence-electron chi connectivity index (χ1n) is 7.03. The van der Waals surface area contributed by atoms with Crippen molar-refractivity contribution in [1.82, 2.24) is 5.32 Å². The summed E-state index contributed by atoms with van der Waals surface area (Å²) in [4.78, 5) is 0. The second-order valence-electron chi connectivity index (χ2n) is 5.55. The molecule has 0 aromatic rings. The van der Waals surface area contributed by atoms with E-state index in [1.807, 2.05) is 13.8 Å². The van der Waals surface area contributed by atoms with Crippen molar-refractivity contribution >= 4 is 0 Å². The van der Waals surface area contributed by atoms with E-state index in [2.05, 4.69) is 26.1 Å². The summed E-state index contributed by atoms with van der Waals surface area (Å²) in [6, 6.07) is 0. The smallest absolute Gasteiger partial charge is 0.0897 e. The molecule has 2 atom stereocenters. The number of hydrogen-bond acceptors (Lipinski definition) is 4. The van der Waals surface area contributed by atoms with E-state index in [0.29, 0.717) is 25.7 Å². The van der Waals surface area contributed by atoms with E-state index in [1.54, 1.807) is 0 Å². The fourth-order valence-electron chi connectivity index (χ4n) is 1.70. The molecule has 0 aromatic heterocycles. The molecule has 4 nitrogen and oxygen atoms in total. The highest BCUT2D eigenvalue weighted by atomic mass is 16.5. The first-order valence-corrected chi connectivity index (χ1v) is 7.03. The summed E-state index contributed by atoms with van der Waals surface area (Å²) in [5.74, 6) is 0.628. The summed E-state index contributed by atoms with van der Waals surface area (Å²) in [7, 11) is 0. The number of rotatable bonds is 11. The quantitative estimate of drug-likeness (QED) is 0.557. The van der Waals surface area contributed by atoms with Crippen molar-refractivity contribution in [3.05, 3.63) is 0 Å². The van der Waals surface area contributed by atoms with Crippen molar-refractivity contribution in [3.8, 4) is 0 Å². The highest BCUT2D eigenvalue weighted by Crippen LogP contribution is 2.07. The summed E-state index contributed by atoms with van der Waals surface area (Å²) in [6.45, 7) is 12.8. The van der Waals surface area contributed by atoms with Crippen molar-refractivity contribution in [2.75, 3.05) is 26.3 Å². The van der Waals surface area contributed by atoms with Crippen LogP contribution in [-0.2, 0) is 9.47 Å². The second kappa shape index (κ2) is 10.7. The summed E-state index contributed by atoms with van der Waals surface area (Å²) in [5, 5.41) is 12.9. The normalized spacial score (nSPS) is 15.3. The van der Waals surface area contributed by atoms with Crippen LogP contribution >= 0.6 is 0 Å². The van der Waals surface area contributed by atoms with E-state index in [4.69, 9.17) is 9.47 Å². The molecule has 0 rings (SSSR count). The minimum absolute atomic E-state index is 0.212. The second-order valence-corrected chi connectivity index (χ2v) is 5.55. The third kappa shape index (κ3) is 12.3. The molecule has 0 amide bonds. The largest absolute Gasteiger partial charge is 0.389 e. The highest BCUT2D eigenvalue weighted by molar-refractivity contribution is 4.61. The Morgan fingerprint density at radius 1 is 1.06 bits per heavy atom. The fourth-order valence-corrected chi connectivity index (χ4v) is 1.70. The lowest BCUT2D eigenvalue weighted by molar-refractivity contribution is -0.00931. The van der Waals surface area contributed by atoms with Crippen LogP contribution in [0.15, 0.2) is 0 Å². The number of aliphatic hydroxyl groups excluding tert-OH is 1. The van der Waals surface area contributed by atoms with Crippen LogP contribution in [-0.4, -0.2) is 49.7 Å². The summed E-state index contributed by atoms with van der Waals surface area (Å²) in [6.07, 6.45) is 1.06. The van der Waals surface area contributed by atoms with Gasteiger partial charge in [-0.15, -0.1) is 0 Å². The molecule has 0 radical (unpaired) electrons. The predicted octanol–water partition coefficient (Wildman–Crippen LogP) is 1.81. The third-order valence-electron chi connectivity index (χ3n) is 2.49. The van der Waals surface area contributed by atoms with Crippen LogP contribution in [0, 0.1) is 5.92 Å². The molecular formula is C14H31NO3. The number of hydrogen-bond donors (Lipinski definition) is 2. The monoisotopic (exact) mass is 261 g/mol. The van der Waals surface area contributed by atoms with Gasteiger partial charge in [-0.2, -0.15) is 0 Å². The van der Waals surface area contributed by atoms with Crippen LogP contribution in [0.2, 0.25) is 0 Å². The van der Waals surface area contributed by atoms with Crippen molar-refractivity contribution in [2.45, 2.75) is 59.4 Å². The van der Waals surface area contributed by atoms with Gasteiger partial charge >= 0.3 is 0 Å². The van der Waals surface area contributed by atoms with Gasteiger partial charge in [-0.05, 0) is 33.1 Å². The zero-order chi connectivity index (χ0) is 14.0. The van der Waals surface area contributed by atoms with E-state index in [1.165, 1.54) is 0 Å². The Hall–Kier alpha value is -0.160. The van der Waals surface area contributed by atoms with Crippen LogP contribution < -0.4 is 5.32 Å². The van der Waals surface area contributed by atoms with Crippen LogP contribution in [0.3, 0.4) is 0 Å². The molecule has 0 aromatic carbocycles. The average molecular weight is 261 g/mol. The lowest BCUT2D eigenvalue weighted by Gasteiger charge is -2.18. The van der Waals surface area contributed by atoms with E-state index >= 15 is 0 Å². The summed E-state index contributed by atoms with van der Waals surface area (Å²) < 4.78 is 11.0. The maximum Gasteiger partial charge on any atom is 0.0897 e. The fraction of sp³-hybridized carbons (Fsp3) is 1.00. The molecule has 110 valence electrons. The third-order valence-corrected chi connectivity index (χ3v) is 2.49. The SMILES string of the molecule is CC(C)CC(C)OCC(O)CNCCOC(C)C. The molecule has 0 bridgehead atoms. The molecule has 0 aliphatic rings. The van der Waals surface area contributed by atoms with E-state index < -0.39 is 6.10 Å². The molecule has 0 saturated heterocycles. The molecule has 0 fully saturated rings. The molecule has 0 saturated carbocycles. The minimum Gasteiger partial charge on any atom is -0.389 e. The number of aliphatic hydroxyl groups is 1. The first-order chi connectivity index (χ1) is 8.41. The van der Waals surface area contributed by atoms with Gasteiger partial charge in [0.05, 0.1) is 31.5 Å². The average Bonchev–Trinajstić information content (AvgIpc) is 2.24. The van der Waals surface area contributed by atoms with Crippen LogP contribution in [0.4, 0.5) is 0 Å². The first kappa shape index (κ1) is 17.8. The van der Waals surface area contributed by atoms with Gasteiger partial charge in [0.15, 0.2) is 0 Å². The maximum atomic E-state index is 9.71. The van der Waals surface area contributed by atoms with E-state index in [9.17, 15) is 5.11 Å². The highest BCUT2D eigenvalue weighted by Gasteiger charge is 2.09. The van der Waals surface area contributed by atoms with Crippen LogP contribution in [0.1, 0.15) is 41.0 Å². The Balaban J connectivity index is 3.39. The zero-order valence-corrected chi connectivity index (χ0v) is 12.6. The molecule has 0 heterocycles. The predicted molar refractivity (Wildman–Crippen MR) is 74.8 cm³/mol. The molecular weight excluding hydrogens is 230 g/mol. The van der Waals surface area contributed by atoms with E-state index in [0.717, 1.165) is 13.0 Å². The van der Waals surface area contributed by atoms with Crippen molar-refractivity contribution in [3.63, 3.8) is 0 Å². The molecule has 2 unspecified atom stereocenters. The van der Waals surface area contributed by atoms with E-state index in [-0.39, 0.29) is 12.2 Å². The molecule has 4 heteroatoms. The van der Waals surface area contributed by atoms with Crippen LogP contribution in [0.5, 0.6) is 0 Å². The minimum atomic E-state index is -0.446. The molecule has 2 N–H and O–H groups in total. The van der Waals surface area contributed by atoms with Gasteiger partial charge in [0.2, 0.25) is 0 Å². The summed E-state index contributed by atoms with van der Waals surface area (Å²) >= 11 is 0. The standard InChI is InChI=1S/C14H31NO3/c1-11(2)8-13(5)18-10-14(16)9-15-6-7-17-12(3)4/h11-16H,6-10H2,1-5H3. The Morgan fingerprint density at radius 3 is 2.28 bits per heavy atom. The van der Waals surface area contributed by atoms with Gasteiger partial charge in [0.1, 0.15) is 0 Å². The molecule has 18 heavy (non-hydrogen) atoms. The van der Waals surface area contributed by atoms with Gasteiger partial charge in [0.25, 0.3) is 0 Å². The lowest BCUT2D eigenvalue weighted by atomic mass is 10.1. The van der Waals surface area contributed by atoms with Gasteiger partial charge in [-0.25, -0.2) is 0 Å². The Morgan fingerprint density at radius 2 is 1.72 bits per heavy atom. The molecule has 0 aliphatic heterocycles. The van der Waals surface area contributed by atoms with Gasteiger partial charge < -0.3 is 19.9 Å². The Bertz CT molecular complexity index is 186. The van der Waals surface area contributed by atoms with Gasteiger partial charge in [0, 0.05) is 13.1 Å². The van der Waals surface area contributed by atoms with Crippen molar-refractivity contribution in [2.24, 2.45) is 5.92 Å². The molecule has 0 aliphatic carbocycles. The maximum absolute atomic E-state index is 9.71. The van der Waals surface area contributed by atoms with Gasteiger partial charge in [-0.1, -0.05) is 13.8 Å². The number of ether oxygens (including phenoxy) is 2. The Labute approximate surface area is 112 Å². The van der Waals surface area contributed by atoms with Gasteiger partial charge in [-0.3, -0.25) is 0 Å². The van der Waals surface area contributed by atoms with Crippen LogP contribution in [0.25, 0.3) is 0 Å². The topological polar surface area (TPSA) is 50.7 Å². The zero-order valence-electron chi connectivity index (χ0n) is 12.6. The van der Waals surface area contributed by atoms with Crippen molar-refractivity contribution in [1.29, 1.82) is 0 Å². The molecule has 0 spiro atoms. The van der Waals surface area contributed by atoms with Crippen molar-refractivity contribution < 1.29 is 14.6 Å². The summed E-state index contributed by atoms with van der Waals surface area (Å²) in [5.41, 5.74) is 0. The number of nitrogens with one attached hydrogen (secondary N) is 1.